The monoisotopic (exact) mass is 358 g/mol. The van der Waals surface area contributed by atoms with Crippen LogP contribution < -0.4 is 14.2 Å². The van der Waals surface area contributed by atoms with Gasteiger partial charge in [-0.2, -0.15) is 5.06 Å². The lowest BCUT2D eigenvalue weighted by molar-refractivity contribution is -0.110. The van der Waals surface area contributed by atoms with E-state index in [2.05, 4.69) is 4.72 Å². The summed E-state index contributed by atoms with van der Waals surface area (Å²) in [7, 11) is 1.32. The average Bonchev–Trinajstić information content (AvgIpc) is 2.96. The normalized spacial score (nSPS) is 23.2. The Morgan fingerprint density at radius 3 is 2.58 bits per heavy atom. The molecule has 1 N–H and O–H groups in total. The van der Waals surface area contributed by atoms with Crippen molar-refractivity contribution in [2.45, 2.75) is 37.6 Å². The van der Waals surface area contributed by atoms with Crippen molar-refractivity contribution < 1.29 is 22.7 Å². The van der Waals surface area contributed by atoms with Crippen LogP contribution in [0.2, 0.25) is 0 Å². The molecule has 3 atom stereocenters. The van der Waals surface area contributed by atoms with Gasteiger partial charge in [0.15, 0.2) is 11.5 Å². The number of rotatable bonds is 7. The number of hydrogen-bond acceptors (Lipinski definition) is 6. The van der Waals surface area contributed by atoms with Crippen molar-refractivity contribution in [2.75, 3.05) is 27.9 Å². The molecular weight excluding hydrogens is 332 g/mol. The minimum Gasteiger partial charge on any atom is -0.493 e. The minimum atomic E-state index is -3.53. The average molecular weight is 358 g/mol. The zero-order chi connectivity index (χ0) is 17.9. The molecule has 1 saturated heterocycles. The topological polar surface area (TPSA) is 77.1 Å². The van der Waals surface area contributed by atoms with Crippen LogP contribution in [0.5, 0.6) is 11.5 Å². The highest BCUT2D eigenvalue weighted by atomic mass is 32.2. The van der Waals surface area contributed by atoms with Gasteiger partial charge in [-0.3, -0.25) is 4.84 Å². The van der Waals surface area contributed by atoms with Crippen LogP contribution in [0.15, 0.2) is 18.2 Å². The van der Waals surface area contributed by atoms with Gasteiger partial charge in [-0.15, -0.1) is 0 Å². The number of hydrogen-bond donors (Lipinski definition) is 1. The van der Waals surface area contributed by atoms with Crippen molar-refractivity contribution in [2.24, 2.45) is 0 Å². The molecule has 1 aromatic carbocycles. The second kappa shape index (κ2) is 7.69. The molecule has 24 heavy (non-hydrogen) atoms. The zero-order valence-electron chi connectivity index (χ0n) is 14.8. The molecule has 7 nitrogen and oxygen atoms in total. The first-order valence-corrected chi connectivity index (χ1v) is 9.47. The third-order valence-corrected chi connectivity index (χ3v) is 6.23. The maximum atomic E-state index is 12.7. The largest absolute Gasteiger partial charge is 0.493 e. The highest BCUT2D eigenvalue weighted by Crippen LogP contribution is 2.37. The molecule has 8 heteroatoms. The SMILES string of the molecule is CCC(C)NS(=O)(=O)C1CON(C)C1c1ccc(OC)c(OC)c1. The molecule has 0 spiro atoms. The van der Waals surface area contributed by atoms with E-state index in [1.807, 2.05) is 19.9 Å². The minimum absolute atomic E-state index is 0.112. The zero-order valence-corrected chi connectivity index (χ0v) is 15.6. The molecule has 1 heterocycles. The lowest BCUT2D eigenvalue weighted by Gasteiger charge is -2.25. The van der Waals surface area contributed by atoms with Gasteiger partial charge >= 0.3 is 0 Å². The number of hydroxylamine groups is 2. The molecule has 1 fully saturated rings. The Morgan fingerprint density at radius 2 is 2.00 bits per heavy atom. The molecule has 2 rings (SSSR count). The molecule has 1 aromatic rings. The summed E-state index contributed by atoms with van der Waals surface area (Å²) in [6.07, 6.45) is 0.726. The van der Waals surface area contributed by atoms with Gasteiger partial charge in [-0.1, -0.05) is 13.0 Å². The van der Waals surface area contributed by atoms with Gasteiger partial charge in [-0.05, 0) is 31.0 Å². The quantitative estimate of drug-likeness (QED) is 0.800. The van der Waals surface area contributed by atoms with Crippen LogP contribution in [0.1, 0.15) is 31.9 Å². The lowest BCUT2D eigenvalue weighted by atomic mass is 10.0. The number of sulfonamides is 1. The van der Waals surface area contributed by atoms with E-state index >= 15 is 0 Å². The van der Waals surface area contributed by atoms with Gasteiger partial charge in [-0.25, -0.2) is 13.1 Å². The Bertz CT molecular complexity index is 664. The Morgan fingerprint density at radius 1 is 1.33 bits per heavy atom. The van der Waals surface area contributed by atoms with E-state index in [4.69, 9.17) is 14.3 Å². The van der Waals surface area contributed by atoms with E-state index in [1.54, 1.807) is 38.5 Å². The second-order valence-electron chi connectivity index (χ2n) is 5.91. The van der Waals surface area contributed by atoms with Crippen molar-refractivity contribution in [3.63, 3.8) is 0 Å². The van der Waals surface area contributed by atoms with Crippen LogP contribution in [-0.4, -0.2) is 52.6 Å². The number of benzene rings is 1. The first-order valence-electron chi connectivity index (χ1n) is 7.92. The third kappa shape index (κ3) is 3.83. The van der Waals surface area contributed by atoms with Crippen LogP contribution in [-0.2, 0) is 14.9 Å². The van der Waals surface area contributed by atoms with Crippen LogP contribution >= 0.6 is 0 Å². The molecular formula is C16H26N2O5S. The Labute approximate surface area is 143 Å². The van der Waals surface area contributed by atoms with Gasteiger partial charge in [0, 0.05) is 13.1 Å². The molecule has 1 aliphatic rings. The van der Waals surface area contributed by atoms with E-state index in [9.17, 15) is 8.42 Å². The van der Waals surface area contributed by atoms with Crippen molar-refractivity contribution in [3.8, 4) is 11.5 Å². The Kier molecular flexibility index (Phi) is 6.08. The van der Waals surface area contributed by atoms with E-state index in [-0.39, 0.29) is 12.6 Å². The van der Waals surface area contributed by atoms with Crippen LogP contribution in [0, 0.1) is 0 Å². The van der Waals surface area contributed by atoms with E-state index in [1.165, 1.54) is 0 Å². The summed E-state index contributed by atoms with van der Waals surface area (Å²) in [4.78, 5) is 5.51. The van der Waals surface area contributed by atoms with E-state index in [0.29, 0.717) is 11.5 Å². The van der Waals surface area contributed by atoms with Crippen molar-refractivity contribution >= 4 is 10.0 Å². The third-order valence-electron chi connectivity index (χ3n) is 4.31. The van der Waals surface area contributed by atoms with Gasteiger partial charge < -0.3 is 9.47 Å². The van der Waals surface area contributed by atoms with Gasteiger partial charge in [0.05, 0.1) is 26.9 Å². The summed E-state index contributed by atoms with van der Waals surface area (Å²) in [5, 5.41) is 0.886. The Hall–Kier alpha value is -1.35. The highest BCUT2D eigenvalue weighted by Gasteiger charge is 2.43. The number of nitrogens with one attached hydrogen (secondary N) is 1. The maximum Gasteiger partial charge on any atom is 0.219 e. The number of ether oxygens (including phenoxy) is 2. The van der Waals surface area contributed by atoms with E-state index in [0.717, 1.165) is 12.0 Å². The van der Waals surface area contributed by atoms with Gasteiger partial charge in [0.25, 0.3) is 0 Å². The smallest absolute Gasteiger partial charge is 0.219 e. The van der Waals surface area contributed by atoms with Crippen molar-refractivity contribution in [1.29, 1.82) is 0 Å². The molecule has 0 saturated carbocycles. The molecule has 3 unspecified atom stereocenters. The second-order valence-corrected chi connectivity index (χ2v) is 7.84. The molecule has 0 aromatic heterocycles. The Balaban J connectivity index is 2.36. The standard InChI is InChI=1S/C16H26N2O5S/c1-6-11(2)17-24(19,20)15-10-23-18(3)16(15)12-7-8-13(21-4)14(9-12)22-5/h7-9,11,15-17H,6,10H2,1-5H3. The van der Waals surface area contributed by atoms with Crippen molar-refractivity contribution in [1.82, 2.24) is 9.79 Å². The molecule has 1 aliphatic heterocycles. The van der Waals surface area contributed by atoms with Crippen molar-refractivity contribution in [3.05, 3.63) is 23.8 Å². The molecule has 136 valence electrons. The predicted octanol–water partition coefficient (Wildman–Crippen LogP) is 1.71. The van der Waals surface area contributed by atoms with E-state index < -0.39 is 21.3 Å². The fraction of sp³-hybridized carbons (Fsp3) is 0.625. The van der Waals surface area contributed by atoms with Crippen LogP contribution in [0.4, 0.5) is 0 Å². The fourth-order valence-corrected chi connectivity index (χ4v) is 4.58. The molecule has 0 aliphatic carbocycles. The van der Waals surface area contributed by atoms with Crippen LogP contribution in [0.25, 0.3) is 0 Å². The summed E-state index contributed by atoms with van der Waals surface area (Å²) < 4.78 is 38.8. The first-order chi connectivity index (χ1) is 11.3. The summed E-state index contributed by atoms with van der Waals surface area (Å²) in [6.45, 7) is 3.90. The summed E-state index contributed by atoms with van der Waals surface area (Å²) in [5.41, 5.74) is 0.798. The molecule has 0 radical (unpaired) electrons. The fourth-order valence-electron chi connectivity index (χ4n) is 2.77. The van der Waals surface area contributed by atoms with Gasteiger partial charge in [0.2, 0.25) is 10.0 Å². The summed E-state index contributed by atoms with van der Waals surface area (Å²) in [6, 6.07) is 4.86. The summed E-state index contributed by atoms with van der Waals surface area (Å²) in [5.74, 6) is 1.15. The van der Waals surface area contributed by atoms with Crippen LogP contribution in [0.3, 0.4) is 0 Å². The molecule has 0 bridgehead atoms. The molecule has 0 amide bonds. The first kappa shape index (κ1) is 19.0. The lowest BCUT2D eigenvalue weighted by Crippen LogP contribution is -2.42. The number of methoxy groups -OCH3 is 2. The maximum absolute atomic E-state index is 12.7. The number of nitrogens with zero attached hydrogens (tertiary/aromatic N) is 1. The highest BCUT2D eigenvalue weighted by molar-refractivity contribution is 7.90. The predicted molar refractivity (Wildman–Crippen MR) is 91.6 cm³/mol. The van der Waals surface area contributed by atoms with Gasteiger partial charge in [0.1, 0.15) is 5.25 Å². The summed E-state index contributed by atoms with van der Waals surface area (Å²) >= 11 is 0.